The lowest BCUT2D eigenvalue weighted by molar-refractivity contribution is -0.138. The molecule has 0 atom stereocenters. The van der Waals surface area contributed by atoms with Crippen molar-refractivity contribution in [3.05, 3.63) is 77.7 Å². The Bertz CT molecular complexity index is 1380. The monoisotopic (exact) mass is 505 g/mol. The fraction of sp³-hybridized carbons (Fsp3) is 0.240. The number of aromatic nitrogens is 3. The molecule has 0 aliphatic carbocycles. The molecule has 0 aliphatic rings. The molecule has 0 aliphatic heterocycles. The maximum absolute atomic E-state index is 13.6. The second-order valence-electron chi connectivity index (χ2n) is 8.32. The van der Waals surface area contributed by atoms with Gasteiger partial charge >= 0.3 is 12.4 Å². The summed E-state index contributed by atoms with van der Waals surface area (Å²) in [6, 6.07) is 11.5. The zero-order valence-electron chi connectivity index (χ0n) is 19.2. The quantitative estimate of drug-likeness (QED) is 0.277. The van der Waals surface area contributed by atoms with E-state index in [0.29, 0.717) is 5.39 Å². The number of hydrogen-bond acceptors (Lipinski definition) is 5. The Labute approximate surface area is 202 Å². The molecule has 0 saturated carbocycles. The molecule has 2 aromatic carbocycles. The van der Waals surface area contributed by atoms with E-state index in [1.54, 1.807) is 0 Å². The van der Waals surface area contributed by atoms with Gasteiger partial charge in [0, 0.05) is 23.2 Å². The number of fused-ring (bicyclic) bond motifs is 1. The number of halogens is 6. The third kappa shape index (κ3) is 5.56. The first-order chi connectivity index (χ1) is 16.9. The lowest BCUT2D eigenvalue weighted by Crippen LogP contribution is -2.23. The summed E-state index contributed by atoms with van der Waals surface area (Å²) in [5.41, 5.74) is -1.84. The van der Waals surface area contributed by atoms with Crippen molar-refractivity contribution in [2.45, 2.75) is 38.8 Å². The second kappa shape index (κ2) is 9.73. The molecule has 2 N–H and O–H groups in total. The van der Waals surface area contributed by atoms with Gasteiger partial charge in [0.25, 0.3) is 0 Å². The van der Waals surface area contributed by atoms with E-state index in [4.69, 9.17) is 0 Å². The summed E-state index contributed by atoms with van der Waals surface area (Å²) < 4.78 is 81.3. The third-order valence-corrected chi connectivity index (χ3v) is 5.28. The molecule has 4 rings (SSSR count). The van der Waals surface area contributed by atoms with E-state index in [1.165, 1.54) is 48.7 Å². The van der Waals surface area contributed by atoms with Crippen LogP contribution in [0.1, 0.15) is 30.8 Å². The molecule has 0 bridgehead atoms. The van der Waals surface area contributed by atoms with Gasteiger partial charge in [0.05, 0.1) is 34.6 Å². The van der Waals surface area contributed by atoms with Crippen LogP contribution in [0.2, 0.25) is 0 Å². The SMILES string of the molecule is CC(C)NCc1nc(Nc2ccccc2C(F)(F)F)c2ccc(-c3ncccc3C(F)(F)F)cc2n1. The van der Waals surface area contributed by atoms with Gasteiger partial charge < -0.3 is 10.6 Å². The van der Waals surface area contributed by atoms with Crippen molar-refractivity contribution >= 4 is 22.4 Å². The van der Waals surface area contributed by atoms with Crippen LogP contribution >= 0.6 is 0 Å². The minimum atomic E-state index is -4.62. The van der Waals surface area contributed by atoms with Gasteiger partial charge in [-0.05, 0) is 36.4 Å². The van der Waals surface area contributed by atoms with Crippen LogP contribution in [0, 0.1) is 0 Å². The highest BCUT2D eigenvalue weighted by atomic mass is 19.4. The molecule has 0 fully saturated rings. The number of para-hydroxylation sites is 1. The third-order valence-electron chi connectivity index (χ3n) is 5.28. The summed E-state index contributed by atoms with van der Waals surface area (Å²) in [6.07, 6.45) is -7.97. The van der Waals surface area contributed by atoms with E-state index < -0.39 is 23.5 Å². The van der Waals surface area contributed by atoms with Crippen molar-refractivity contribution in [1.29, 1.82) is 0 Å². The number of anilines is 2. The Morgan fingerprint density at radius 1 is 0.833 bits per heavy atom. The zero-order valence-corrected chi connectivity index (χ0v) is 19.2. The zero-order chi connectivity index (χ0) is 26.1. The Balaban J connectivity index is 1.86. The van der Waals surface area contributed by atoms with Gasteiger partial charge in [0.1, 0.15) is 11.6 Å². The Kier molecular flexibility index (Phi) is 6.85. The van der Waals surface area contributed by atoms with E-state index in [0.717, 1.165) is 12.1 Å². The highest BCUT2D eigenvalue weighted by Crippen LogP contribution is 2.38. The number of rotatable bonds is 6. The number of nitrogens with one attached hydrogen (secondary N) is 2. The average Bonchev–Trinajstić information content (AvgIpc) is 2.81. The van der Waals surface area contributed by atoms with Crippen molar-refractivity contribution in [2.24, 2.45) is 0 Å². The maximum Gasteiger partial charge on any atom is 0.418 e. The minimum absolute atomic E-state index is 0.0702. The Hall–Kier alpha value is -3.73. The summed E-state index contributed by atoms with van der Waals surface area (Å²) in [5, 5.41) is 6.23. The summed E-state index contributed by atoms with van der Waals surface area (Å²) in [4.78, 5) is 12.8. The number of alkyl halides is 6. The molecule has 4 aromatic rings. The standard InChI is InChI=1S/C25H21F6N5/c1-14(2)33-13-21-34-20-12-15(22-18(25(29,30)31)7-5-11-32-22)9-10-16(20)23(36-21)35-19-8-4-3-6-17(19)24(26,27)28/h3-12,14,33H,13H2,1-2H3,(H,34,35,36). The van der Waals surface area contributed by atoms with Crippen LogP contribution in [0.15, 0.2) is 60.8 Å². The number of nitrogens with zero attached hydrogens (tertiary/aromatic N) is 3. The van der Waals surface area contributed by atoms with Crippen LogP contribution in [0.4, 0.5) is 37.8 Å². The molecule has 2 heterocycles. The normalized spacial score (nSPS) is 12.4. The van der Waals surface area contributed by atoms with Gasteiger partial charge in [-0.1, -0.05) is 32.0 Å². The first-order valence-corrected chi connectivity index (χ1v) is 10.9. The topological polar surface area (TPSA) is 62.7 Å². The van der Waals surface area contributed by atoms with Crippen LogP contribution < -0.4 is 10.6 Å². The highest BCUT2D eigenvalue weighted by Gasteiger charge is 2.35. The van der Waals surface area contributed by atoms with Crippen molar-refractivity contribution in [3.63, 3.8) is 0 Å². The average molecular weight is 505 g/mol. The lowest BCUT2D eigenvalue weighted by Gasteiger charge is -2.17. The summed E-state index contributed by atoms with van der Waals surface area (Å²) in [7, 11) is 0. The van der Waals surface area contributed by atoms with Crippen molar-refractivity contribution in [1.82, 2.24) is 20.3 Å². The summed E-state index contributed by atoms with van der Waals surface area (Å²) >= 11 is 0. The van der Waals surface area contributed by atoms with E-state index >= 15 is 0 Å². The summed E-state index contributed by atoms with van der Waals surface area (Å²) in [5.74, 6) is 0.360. The first kappa shape index (κ1) is 25.4. The molecular weight excluding hydrogens is 484 g/mol. The molecular formula is C25H21F6N5. The van der Waals surface area contributed by atoms with Gasteiger partial charge in [-0.15, -0.1) is 0 Å². The molecule has 36 heavy (non-hydrogen) atoms. The smallest absolute Gasteiger partial charge is 0.339 e. The maximum atomic E-state index is 13.6. The number of benzene rings is 2. The van der Waals surface area contributed by atoms with Gasteiger partial charge in [0.2, 0.25) is 0 Å². The first-order valence-electron chi connectivity index (χ1n) is 10.9. The van der Waals surface area contributed by atoms with Crippen LogP contribution in [-0.4, -0.2) is 21.0 Å². The van der Waals surface area contributed by atoms with Gasteiger partial charge in [-0.25, -0.2) is 9.97 Å². The number of pyridine rings is 1. The minimum Gasteiger partial charge on any atom is -0.339 e. The summed E-state index contributed by atoms with van der Waals surface area (Å²) in [6.45, 7) is 4.00. The second-order valence-corrected chi connectivity index (χ2v) is 8.32. The van der Waals surface area contributed by atoms with Crippen molar-refractivity contribution in [2.75, 3.05) is 5.32 Å². The Morgan fingerprint density at radius 3 is 2.22 bits per heavy atom. The largest absolute Gasteiger partial charge is 0.418 e. The predicted octanol–water partition coefficient (Wildman–Crippen LogP) is 6.97. The molecule has 188 valence electrons. The Morgan fingerprint density at radius 2 is 1.53 bits per heavy atom. The predicted molar refractivity (Wildman–Crippen MR) is 124 cm³/mol. The molecule has 0 amide bonds. The highest BCUT2D eigenvalue weighted by molar-refractivity contribution is 5.93. The molecule has 2 aromatic heterocycles. The van der Waals surface area contributed by atoms with Crippen LogP contribution in [-0.2, 0) is 18.9 Å². The molecule has 5 nitrogen and oxygen atoms in total. The van der Waals surface area contributed by atoms with Gasteiger partial charge in [0.15, 0.2) is 0 Å². The van der Waals surface area contributed by atoms with Crippen LogP contribution in [0.25, 0.3) is 22.2 Å². The molecule has 0 radical (unpaired) electrons. The van der Waals surface area contributed by atoms with Gasteiger partial charge in [-0.3, -0.25) is 4.98 Å². The molecule has 11 heteroatoms. The van der Waals surface area contributed by atoms with Crippen LogP contribution in [0.3, 0.4) is 0 Å². The van der Waals surface area contributed by atoms with Crippen molar-refractivity contribution in [3.8, 4) is 11.3 Å². The molecule has 0 unspecified atom stereocenters. The molecule has 0 spiro atoms. The van der Waals surface area contributed by atoms with Crippen molar-refractivity contribution < 1.29 is 26.3 Å². The molecule has 0 saturated heterocycles. The van der Waals surface area contributed by atoms with E-state index in [9.17, 15) is 26.3 Å². The van der Waals surface area contributed by atoms with E-state index in [-0.39, 0.29) is 46.7 Å². The van der Waals surface area contributed by atoms with Crippen LogP contribution in [0.5, 0.6) is 0 Å². The fourth-order valence-corrected chi connectivity index (χ4v) is 3.63. The van der Waals surface area contributed by atoms with E-state index in [2.05, 4.69) is 25.6 Å². The fourth-order valence-electron chi connectivity index (χ4n) is 3.63. The van der Waals surface area contributed by atoms with Gasteiger partial charge in [-0.2, -0.15) is 26.3 Å². The number of hydrogen-bond donors (Lipinski definition) is 2. The van der Waals surface area contributed by atoms with E-state index in [1.807, 2.05) is 13.8 Å². The lowest BCUT2D eigenvalue weighted by atomic mass is 10.0.